The van der Waals surface area contributed by atoms with Crippen LogP contribution in [0.4, 0.5) is 10.1 Å². The Morgan fingerprint density at radius 3 is 2.64 bits per heavy atom. The third-order valence-electron chi connectivity index (χ3n) is 5.45. The number of fused-ring (bicyclic) bond motifs is 2. The first-order valence-electron chi connectivity index (χ1n) is 10.1. The Balaban J connectivity index is 1.48. The summed E-state index contributed by atoms with van der Waals surface area (Å²) >= 11 is 1.07. The highest BCUT2D eigenvalue weighted by molar-refractivity contribution is 7.14. The highest BCUT2D eigenvalue weighted by Gasteiger charge is 2.17. The van der Waals surface area contributed by atoms with Gasteiger partial charge in [0.1, 0.15) is 11.2 Å². The van der Waals surface area contributed by atoms with Crippen molar-refractivity contribution >= 4 is 39.1 Å². The minimum atomic E-state index is -0.247. The van der Waals surface area contributed by atoms with Gasteiger partial charge in [0.2, 0.25) is 0 Å². The van der Waals surface area contributed by atoms with E-state index in [-0.39, 0.29) is 5.13 Å². The number of halogens is 1. The van der Waals surface area contributed by atoms with Gasteiger partial charge in [0.05, 0.1) is 29.0 Å². The van der Waals surface area contributed by atoms with Crippen LogP contribution in [0.2, 0.25) is 0 Å². The molecule has 0 atom stereocenters. The average Bonchev–Trinajstić information content (AvgIpc) is 3.55. The molecule has 0 saturated carbocycles. The fourth-order valence-corrected chi connectivity index (χ4v) is 4.50. The lowest BCUT2D eigenvalue weighted by Gasteiger charge is -2.12. The van der Waals surface area contributed by atoms with Gasteiger partial charge in [0.15, 0.2) is 16.6 Å². The number of H-pyrrole nitrogens is 2. The van der Waals surface area contributed by atoms with E-state index in [1.54, 1.807) is 24.7 Å². The van der Waals surface area contributed by atoms with Crippen LogP contribution < -0.4 is 4.90 Å². The van der Waals surface area contributed by atoms with Crippen LogP contribution >= 0.6 is 11.3 Å². The highest BCUT2D eigenvalue weighted by Crippen LogP contribution is 2.34. The predicted octanol–water partition coefficient (Wildman–Crippen LogP) is 4.89. The molecule has 0 amide bonds. The van der Waals surface area contributed by atoms with Crippen molar-refractivity contribution in [2.24, 2.45) is 0 Å². The number of anilines is 1. The molecule has 0 radical (unpaired) electrons. The molecular formula is C23H17FN8S. The Bertz CT molecular complexity index is 1630. The van der Waals surface area contributed by atoms with Crippen LogP contribution in [0.5, 0.6) is 0 Å². The normalized spacial score (nSPS) is 11.5. The van der Waals surface area contributed by atoms with Crippen LogP contribution in [0, 0.1) is 5.13 Å². The molecule has 6 aromatic rings. The smallest absolute Gasteiger partial charge is 0.181 e. The lowest BCUT2D eigenvalue weighted by atomic mass is 10.1. The van der Waals surface area contributed by atoms with Gasteiger partial charge >= 0.3 is 0 Å². The largest absolute Gasteiger partial charge is 0.376 e. The Morgan fingerprint density at radius 2 is 1.82 bits per heavy atom. The van der Waals surface area contributed by atoms with Crippen LogP contribution in [-0.2, 0) is 0 Å². The SMILES string of the molecule is CN(C)c1cncc(-c2cnc3n[nH]c(-c4nc5c(-c6ccc(F)s6)cncc5[nH]4)c3c2)c1. The molecule has 0 spiro atoms. The molecule has 0 aromatic carbocycles. The van der Waals surface area contributed by atoms with Crippen molar-refractivity contribution in [1.29, 1.82) is 0 Å². The summed E-state index contributed by atoms with van der Waals surface area (Å²) in [5, 5.41) is 7.99. The highest BCUT2D eigenvalue weighted by atomic mass is 32.1. The zero-order chi connectivity index (χ0) is 22.5. The van der Waals surface area contributed by atoms with E-state index < -0.39 is 0 Å². The fourth-order valence-electron chi connectivity index (χ4n) is 3.76. The van der Waals surface area contributed by atoms with E-state index in [1.165, 1.54) is 6.07 Å². The van der Waals surface area contributed by atoms with Crippen molar-refractivity contribution < 1.29 is 4.39 Å². The second-order valence-corrected chi connectivity index (χ2v) is 8.83. The molecule has 0 aliphatic carbocycles. The summed E-state index contributed by atoms with van der Waals surface area (Å²) < 4.78 is 13.6. The molecule has 6 rings (SSSR count). The molecule has 2 N–H and O–H groups in total. The van der Waals surface area contributed by atoms with Crippen molar-refractivity contribution in [1.82, 2.24) is 35.1 Å². The van der Waals surface area contributed by atoms with Crippen LogP contribution in [0.15, 0.2) is 55.2 Å². The summed E-state index contributed by atoms with van der Waals surface area (Å²) in [5.41, 5.74) is 6.44. The van der Waals surface area contributed by atoms with Gasteiger partial charge in [0.25, 0.3) is 0 Å². The Kier molecular flexibility index (Phi) is 4.40. The molecule has 6 heterocycles. The number of nitrogens with one attached hydrogen (secondary N) is 2. The second kappa shape index (κ2) is 7.45. The maximum absolute atomic E-state index is 13.6. The van der Waals surface area contributed by atoms with Gasteiger partial charge in [-0.25, -0.2) is 9.97 Å². The summed E-state index contributed by atoms with van der Waals surface area (Å²) in [5.74, 6) is 0.609. The monoisotopic (exact) mass is 456 g/mol. The third kappa shape index (κ3) is 3.31. The summed E-state index contributed by atoms with van der Waals surface area (Å²) in [7, 11) is 3.96. The molecule has 0 bridgehead atoms. The summed E-state index contributed by atoms with van der Waals surface area (Å²) in [4.78, 5) is 24.1. The molecule has 0 aliphatic heterocycles. The van der Waals surface area contributed by atoms with Crippen LogP contribution in [0.25, 0.3) is 55.2 Å². The van der Waals surface area contributed by atoms with E-state index >= 15 is 0 Å². The van der Waals surface area contributed by atoms with E-state index in [9.17, 15) is 4.39 Å². The van der Waals surface area contributed by atoms with Gasteiger partial charge in [-0.3, -0.25) is 15.1 Å². The Morgan fingerprint density at radius 1 is 0.970 bits per heavy atom. The maximum Gasteiger partial charge on any atom is 0.181 e. The molecule has 0 fully saturated rings. The van der Waals surface area contributed by atoms with Gasteiger partial charge in [-0.2, -0.15) is 9.49 Å². The van der Waals surface area contributed by atoms with E-state index in [0.29, 0.717) is 11.5 Å². The van der Waals surface area contributed by atoms with Gasteiger partial charge in [-0.05, 0) is 24.3 Å². The number of thiophene rings is 1. The number of pyridine rings is 3. The number of rotatable bonds is 4. The van der Waals surface area contributed by atoms with Gasteiger partial charge in [0, 0.05) is 54.3 Å². The van der Waals surface area contributed by atoms with Crippen molar-refractivity contribution in [2.45, 2.75) is 0 Å². The molecule has 0 saturated heterocycles. The van der Waals surface area contributed by atoms with Crippen molar-refractivity contribution in [3.8, 4) is 33.1 Å². The third-order valence-corrected chi connectivity index (χ3v) is 6.36. The summed E-state index contributed by atoms with van der Waals surface area (Å²) in [6.45, 7) is 0. The zero-order valence-electron chi connectivity index (χ0n) is 17.7. The molecule has 0 aliphatic rings. The van der Waals surface area contributed by atoms with Crippen molar-refractivity contribution in [2.75, 3.05) is 19.0 Å². The number of imidazole rings is 1. The Hall–Kier alpha value is -4.18. The quantitative estimate of drug-likeness (QED) is 0.392. The van der Waals surface area contributed by atoms with Gasteiger partial charge in [-0.15, -0.1) is 11.3 Å². The minimum absolute atomic E-state index is 0.247. The van der Waals surface area contributed by atoms with Gasteiger partial charge in [-0.1, -0.05) is 0 Å². The number of aromatic amines is 2. The van der Waals surface area contributed by atoms with Crippen molar-refractivity contribution in [3.63, 3.8) is 0 Å². The number of aromatic nitrogens is 7. The maximum atomic E-state index is 13.6. The standard InChI is InChI=1S/C23H17FN8S/c1-32(2)14-5-12(7-25-9-14)13-6-15-21(30-31-22(15)27-8-13)23-28-17-11-26-10-16(20(17)29-23)18-3-4-19(24)33-18/h3-11H,1-2H3,(H,28,29)(H,27,30,31). The minimum Gasteiger partial charge on any atom is -0.376 e. The zero-order valence-corrected chi connectivity index (χ0v) is 18.5. The predicted molar refractivity (Wildman–Crippen MR) is 128 cm³/mol. The molecule has 33 heavy (non-hydrogen) atoms. The molecule has 0 unspecified atom stereocenters. The summed E-state index contributed by atoms with van der Waals surface area (Å²) in [6.07, 6.45) is 8.83. The number of hydrogen-bond donors (Lipinski definition) is 2. The second-order valence-electron chi connectivity index (χ2n) is 7.79. The number of nitrogens with zero attached hydrogens (tertiary/aromatic N) is 6. The fraction of sp³-hybridized carbons (Fsp3) is 0.0870. The van der Waals surface area contributed by atoms with E-state index in [2.05, 4.69) is 36.2 Å². The molecular weight excluding hydrogens is 439 g/mol. The van der Waals surface area contributed by atoms with Crippen LogP contribution in [0.1, 0.15) is 0 Å². The van der Waals surface area contributed by atoms with Crippen molar-refractivity contribution in [3.05, 3.63) is 60.4 Å². The van der Waals surface area contributed by atoms with Crippen LogP contribution in [0.3, 0.4) is 0 Å². The number of hydrogen-bond acceptors (Lipinski definition) is 7. The molecule has 10 heteroatoms. The topological polar surface area (TPSA) is 99.3 Å². The molecule has 8 nitrogen and oxygen atoms in total. The first-order chi connectivity index (χ1) is 16.1. The van der Waals surface area contributed by atoms with Crippen LogP contribution in [-0.4, -0.2) is 49.2 Å². The molecule has 6 aromatic heterocycles. The van der Waals surface area contributed by atoms with E-state index in [0.717, 1.165) is 60.7 Å². The Labute approximate surface area is 191 Å². The lowest BCUT2D eigenvalue weighted by molar-refractivity contribution is 0.657. The lowest BCUT2D eigenvalue weighted by Crippen LogP contribution is -2.08. The molecule has 162 valence electrons. The van der Waals surface area contributed by atoms with Gasteiger partial charge < -0.3 is 9.88 Å². The van der Waals surface area contributed by atoms with E-state index in [4.69, 9.17) is 4.98 Å². The first-order valence-corrected chi connectivity index (χ1v) is 10.9. The first kappa shape index (κ1) is 19.5. The van der Waals surface area contributed by atoms with E-state index in [1.807, 2.05) is 37.5 Å². The average molecular weight is 457 g/mol. The summed E-state index contributed by atoms with van der Waals surface area (Å²) in [6, 6.07) is 7.28.